The van der Waals surface area contributed by atoms with Gasteiger partial charge in [0.05, 0.1) is 45.2 Å². The van der Waals surface area contributed by atoms with Crippen LogP contribution in [0.4, 0.5) is 0 Å². The van der Waals surface area contributed by atoms with Crippen LogP contribution in [0.15, 0.2) is 36.9 Å². The van der Waals surface area contributed by atoms with E-state index in [2.05, 4.69) is 88.2 Å². The molecule has 3 rings (SSSR count). The highest BCUT2D eigenvalue weighted by Gasteiger charge is 2.65. The second-order valence-corrected chi connectivity index (χ2v) is 26.9. The van der Waals surface area contributed by atoms with Gasteiger partial charge in [0.2, 0.25) is 0 Å². The zero-order chi connectivity index (χ0) is 34.9. The van der Waals surface area contributed by atoms with Gasteiger partial charge in [0.25, 0.3) is 0 Å². The molecule has 2 heterocycles. The van der Waals surface area contributed by atoms with Crippen LogP contribution in [0.3, 0.4) is 0 Å². The van der Waals surface area contributed by atoms with Gasteiger partial charge in [-0.3, -0.25) is 0 Å². The van der Waals surface area contributed by atoms with Gasteiger partial charge in [0, 0.05) is 24.4 Å². The molecule has 2 saturated heterocycles. The molecule has 0 spiro atoms. The van der Waals surface area contributed by atoms with Gasteiger partial charge in [-0.05, 0) is 74.7 Å². The van der Waals surface area contributed by atoms with E-state index >= 15 is 0 Å². The molecule has 1 unspecified atom stereocenters. The molecule has 46 heavy (non-hydrogen) atoms. The van der Waals surface area contributed by atoms with Crippen LogP contribution in [-0.4, -0.2) is 73.3 Å². The van der Waals surface area contributed by atoms with E-state index in [1.165, 1.54) is 0 Å². The van der Waals surface area contributed by atoms with E-state index in [-0.39, 0.29) is 46.1 Å². The highest BCUT2D eigenvalue weighted by molar-refractivity contribution is 6.74. The van der Waals surface area contributed by atoms with E-state index in [4.69, 9.17) is 32.5 Å². The number of methoxy groups -OCH3 is 1. The van der Waals surface area contributed by atoms with Gasteiger partial charge in [-0.2, -0.15) is 0 Å². The number of epoxide rings is 1. The smallest absolute Gasteiger partial charge is 0.192 e. The molecule has 0 bridgehead atoms. The Labute approximate surface area is 283 Å². The molecule has 0 saturated carbocycles. The Balaban J connectivity index is 1.95. The van der Waals surface area contributed by atoms with Crippen molar-refractivity contribution in [3.8, 4) is 5.75 Å². The Hall–Kier alpha value is -1.05. The third-order valence-electron chi connectivity index (χ3n) is 11.0. The lowest BCUT2D eigenvalue weighted by molar-refractivity contribution is -0.303. The fourth-order valence-electron chi connectivity index (χ4n) is 5.77. The largest absolute Gasteiger partial charge is 0.497 e. The number of hydrogen-bond donors (Lipinski definition) is 0. The van der Waals surface area contributed by atoms with E-state index in [1.54, 1.807) is 7.11 Å². The average Bonchev–Trinajstić information content (AvgIpc) is 3.63. The maximum absolute atomic E-state index is 7.47. The molecular weight excluding hydrogens is 613 g/mol. The highest BCUT2D eigenvalue weighted by atomic mass is 28.4. The van der Waals surface area contributed by atoms with Crippen molar-refractivity contribution in [2.45, 2.75) is 142 Å². The van der Waals surface area contributed by atoms with Gasteiger partial charge in [-0.15, -0.1) is 6.58 Å². The average molecular weight is 679 g/mol. The summed E-state index contributed by atoms with van der Waals surface area (Å²) in [5, 5.41) is 0.0802. The number of hydrogen-bond acceptors (Lipinski definition) is 7. The normalized spacial score (nSPS) is 27.5. The molecule has 2 aliphatic rings. The Morgan fingerprint density at radius 1 is 0.935 bits per heavy atom. The minimum Gasteiger partial charge on any atom is -0.497 e. The lowest BCUT2D eigenvalue weighted by atomic mass is 9.79. The van der Waals surface area contributed by atoms with Gasteiger partial charge >= 0.3 is 0 Å². The molecule has 0 aromatic heterocycles. The van der Waals surface area contributed by atoms with Crippen molar-refractivity contribution in [1.29, 1.82) is 0 Å². The SMILES string of the molecule is C=C[C@H]1COC(C)(C)O[C@H]1[C@H](CO[Si](C)(C)C(C)(C)C)[C@H](O[Si](C)(C)C(C)(C)C)C1(C)O[C@@H]1[C@@H](C)COCc1ccc(OC)cc1. The summed E-state index contributed by atoms with van der Waals surface area (Å²) in [5.74, 6) is 0.177. The molecule has 2 fully saturated rings. The first-order valence-electron chi connectivity index (χ1n) is 17.1. The van der Waals surface area contributed by atoms with Crippen molar-refractivity contribution < 1.29 is 32.5 Å². The molecule has 0 radical (unpaired) electrons. The summed E-state index contributed by atoms with van der Waals surface area (Å²) >= 11 is 0. The summed E-state index contributed by atoms with van der Waals surface area (Å²) < 4.78 is 45.7. The van der Waals surface area contributed by atoms with E-state index in [1.807, 2.05) is 44.2 Å². The standard InChI is InChI=1S/C37H66O7Si2/c1-17-28-24-40-36(9,10)42-31(28)30(25-41-45(13,14)34(3,4)5)33(44-46(15,16)35(6,7)8)37(11)32(43-37)26(2)22-39-23-27-18-20-29(38-12)21-19-27/h17-21,26,28,30-33H,1,22-25H2,2-16H3/t26-,28-,30-,31+,32+,33-,37?/m0/s1. The van der Waals surface area contributed by atoms with Gasteiger partial charge in [-0.25, -0.2) is 0 Å². The first-order chi connectivity index (χ1) is 21.0. The molecule has 0 N–H and O–H groups in total. The van der Waals surface area contributed by atoms with E-state index in [0.717, 1.165) is 11.3 Å². The van der Waals surface area contributed by atoms with Crippen LogP contribution < -0.4 is 4.74 Å². The van der Waals surface area contributed by atoms with Crippen molar-refractivity contribution in [1.82, 2.24) is 0 Å². The van der Waals surface area contributed by atoms with Crippen LogP contribution in [-0.2, 0) is 34.4 Å². The quantitative estimate of drug-likeness (QED) is 0.104. The zero-order valence-electron chi connectivity index (χ0n) is 31.7. The van der Waals surface area contributed by atoms with Gasteiger partial charge in [0.15, 0.2) is 22.4 Å². The number of rotatable bonds is 15. The molecule has 0 amide bonds. The number of ether oxygens (including phenoxy) is 5. The maximum Gasteiger partial charge on any atom is 0.192 e. The molecule has 9 heteroatoms. The van der Waals surface area contributed by atoms with E-state index < -0.39 is 28.0 Å². The summed E-state index contributed by atoms with van der Waals surface area (Å²) in [6.07, 6.45) is 1.49. The Bertz CT molecular complexity index is 1140. The summed E-state index contributed by atoms with van der Waals surface area (Å²) in [6, 6.07) is 8.02. The van der Waals surface area contributed by atoms with Crippen molar-refractivity contribution >= 4 is 16.6 Å². The molecule has 1 aromatic rings. The van der Waals surface area contributed by atoms with Crippen molar-refractivity contribution in [2.24, 2.45) is 17.8 Å². The highest BCUT2D eigenvalue weighted by Crippen LogP contribution is 2.52. The van der Waals surface area contributed by atoms with Crippen LogP contribution in [0.25, 0.3) is 0 Å². The monoisotopic (exact) mass is 678 g/mol. The van der Waals surface area contributed by atoms with Crippen molar-refractivity contribution in [2.75, 3.05) is 26.9 Å². The molecule has 2 aliphatic heterocycles. The first-order valence-corrected chi connectivity index (χ1v) is 22.9. The number of benzene rings is 1. The fraction of sp³-hybridized carbons (Fsp3) is 0.784. The van der Waals surface area contributed by atoms with Crippen LogP contribution in [0.2, 0.25) is 36.3 Å². The van der Waals surface area contributed by atoms with Crippen LogP contribution in [0.5, 0.6) is 5.75 Å². The van der Waals surface area contributed by atoms with Crippen LogP contribution in [0, 0.1) is 17.8 Å². The minimum atomic E-state index is -2.26. The predicted octanol–water partition coefficient (Wildman–Crippen LogP) is 8.99. The second-order valence-electron chi connectivity index (χ2n) is 17.3. The lowest BCUT2D eigenvalue weighted by Crippen LogP contribution is -2.59. The zero-order valence-corrected chi connectivity index (χ0v) is 33.7. The predicted molar refractivity (Wildman–Crippen MR) is 192 cm³/mol. The molecular formula is C37H66O7Si2. The van der Waals surface area contributed by atoms with Crippen LogP contribution in [0.1, 0.15) is 74.8 Å². The minimum absolute atomic E-state index is 0.00221. The van der Waals surface area contributed by atoms with E-state index in [0.29, 0.717) is 26.4 Å². The Morgan fingerprint density at radius 2 is 1.52 bits per heavy atom. The lowest BCUT2D eigenvalue weighted by Gasteiger charge is -2.49. The molecule has 7 nitrogen and oxygen atoms in total. The first kappa shape index (κ1) is 39.4. The van der Waals surface area contributed by atoms with E-state index in [9.17, 15) is 0 Å². The molecule has 264 valence electrons. The summed E-state index contributed by atoms with van der Waals surface area (Å²) in [6.45, 7) is 37.8. The fourth-order valence-corrected chi connectivity index (χ4v) is 8.21. The van der Waals surface area contributed by atoms with Gasteiger partial charge in [0.1, 0.15) is 11.4 Å². The molecule has 7 atom stereocenters. The van der Waals surface area contributed by atoms with Gasteiger partial charge < -0.3 is 32.5 Å². The third kappa shape index (κ3) is 9.34. The Morgan fingerprint density at radius 3 is 2.04 bits per heavy atom. The topological polar surface area (TPSA) is 67.9 Å². The van der Waals surface area contributed by atoms with Crippen LogP contribution >= 0.6 is 0 Å². The Kier molecular flexibility index (Phi) is 12.4. The summed E-state index contributed by atoms with van der Waals surface area (Å²) in [5.41, 5.74) is 0.585. The molecule has 0 aliphatic carbocycles. The third-order valence-corrected chi connectivity index (χ3v) is 20.0. The summed E-state index contributed by atoms with van der Waals surface area (Å²) in [7, 11) is -2.68. The molecule has 1 aromatic carbocycles. The van der Waals surface area contributed by atoms with Crippen molar-refractivity contribution in [3.05, 3.63) is 42.5 Å². The maximum atomic E-state index is 7.47. The van der Waals surface area contributed by atoms with Gasteiger partial charge in [-0.1, -0.05) is 66.7 Å². The summed E-state index contributed by atoms with van der Waals surface area (Å²) in [4.78, 5) is 0. The van der Waals surface area contributed by atoms with Crippen molar-refractivity contribution in [3.63, 3.8) is 0 Å². The second kappa shape index (κ2) is 14.4.